The molecule has 0 aliphatic heterocycles. The molecule has 2 aromatic rings. The van der Waals surface area contributed by atoms with E-state index < -0.39 is 5.91 Å². The number of amides is 2. The molecule has 0 saturated heterocycles. The molecule has 0 radical (unpaired) electrons. The van der Waals surface area contributed by atoms with Crippen LogP contribution in [0.3, 0.4) is 0 Å². The fourth-order valence-electron chi connectivity index (χ4n) is 2.23. The molecule has 0 aliphatic rings. The molecule has 0 spiro atoms. The molecule has 0 bridgehead atoms. The number of rotatable bonds is 9. The van der Waals surface area contributed by atoms with Gasteiger partial charge in [0.1, 0.15) is 5.75 Å². The van der Waals surface area contributed by atoms with Crippen LogP contribution in [0.25, 0.3) is 0 Å². The van der Waals surface area contributed by atoms with Crippen LogP contribution in [0, 0.1) is 0 Å². The number of hydrogen-bond acceptors (Lipinski definition) is 4. The van der Waals surface area contributed by atoms with E-state index in [1.54, 1.807) is 24.3 Å². The summed E-state index contributed by atoms with van der Waals surface area (Å²) in [5.41, 5.74) is 0.951. The summed E-state index contributed by atoms with van der Waals surface area (Å²) < 4.78 is 5.32. The maximum absolute atomic E-state index is 12.3. The summed E-state index contributed by atoms with van der Waals surface area (Å²) in [4.78, 5) is 25.6. The van der Waals surface area contributed by atoms with Crippen LogP contribution in [0.2, 0.25) is 5.02 Å². The SMILES string of the molecule is O=C(COc1ccc(Cl)cc1)NCC(=O)N(CCO)Cc1ccccc1. The molecule has 7 heteroatoms. The predicted octanol–water partition coefficient (Wildman–Crippen LogP) is 1.86. The van der Waals surface area contributed by atoms with Crippen LogP contribution in [0.4, 0.5) is 0 Å². The molecule has 0 fully saturated rings. The third-order valence-electron chi connectivity index (χ3n) is 3.56. The summed E-state index contributed by atoms with van der Waals surface area (Å²) >= 11 is 5.78. The molecule has 138 valence electrons. The highest BCUT2D eigenvalue weighted by Crippen LogP contribution is 2.15. The number of aliphatic hydroxyl groups excluding tert-OH is 1. The average molecular weight is 377 g/mol. The predicted molar refractivity (Wildman–Crippen MR) is 98.9 cm³/mol. The molecule has 0 aliphatic carbocycles. The van der Waals surface area contributed by atoms with Gasteiger partial charge in [0.25, 0.3) is 5.91 Å². The van der Waals surface area contributed by atoms with Crippen molar-refractivity contribution in [2.24, 2.45) is 0 Å². The number of carbonyl (C=O) groups excluding carboxylic acids is 2. The Hall–Kier alpha value is -2.57. The molecule has 2 rings (SSSR count). The van der Waals surface area contributed by atoms with Crippen LogP contribution in [-0.2, 0) is 16.1 Å². The van der Waals surface area contributed by atoms with Crippen molar-refractivity contribution in [1.29, 1.82) is 0 Å². The summed E-state index contributed by atoms with van der Waals surface area (Å²) in [7, 11) is 0. The Morgan fingerprint density at radius 3 is 2.42 bits per heavy atom. The minimum Gasteiger partial charge on any atom is -0.484 e. The standard InChI is InChI=1S/C19H21ClN2O4/c20-16-6-8-17(9-7-16)26-14-18(24)21-12-19(25)22(10-11-23)13-15-4-2-1-3-5-15/h1-9,23H,10-14H2,(H,21,24). The van der Waals surface area contributed by atoms with Crippen LogP contribution < -0.4 is 10.1 Å². The third-order valence-corrected chi connectivity index (χ3v) is 3.81. The fourth-order valence-corrected chi connectivity index (χ4v) is 2.36. The molecule has 0 saturated carbocycles. The number of halogens is 1. The number of nitrogens with one attached hydrogen (secondary N) is 1. The van der Waals surface area contributed by atoms with Gasteiger partial charge in [-0.25, -0.2) is 0 Å². The van der Waals surface area contributed by atoms with Crippen molar-refractivity contribution in [1.82, 2.24) is 10.2 Å². The highest BCUT2D eigenvalue weighted by molar-refractivity contribution is 6.30. The van der Waals surface area contributed by atoms with Gasteiger partial charge in [-0.3, -0.25) is 9.59 Å². The van der Waals surface area contributed by atoms with Gasteiger partial charge in [0.2, 0.25) is 5.91 Å². The maximum atomic E-state index is 12.3. The maximum Gasteiger partial charge on any atom is 0.258 e. The lowest BCUT2D eigenvalue weighted by Gasteiger charge is -2.22. The van der Waals surface area contributed by atoms with E-state index in [1.165, 1.54) is 4.90 Å². The van der Waals surface area contributed by atoms with E-state index in [2.05, 4.69) is 5.32 Å². The number of benzene rings is 2. The zero-order valence-electron chi connectivity index (χ0n) is 14.2. The van der Waals surface area contributed by atoms with Crippen molar-refractivity contribution in [3.63, 3.8) is 0 Å². The number of aliphatic hydroxyl groups is 1. The molecule has 26 heavy (non-hydrogen) atoms. The van der Waals surface area contributed by atoms with Crippen molar-refractivity contribution in [3.8, 4) is 5.75 Å². The smallest absolute Gasteiger partial charge is 0.258 e. The quantitative estimate of drug-likeness (QED) is 0.700. The largest absolute Gasteiger partial charge is 0.484 e. The number of nitrogens with zero attached hydrogens (tertiary/aromatic N) is 1. The molecule has 0 unspecified atom stereocenters. The lowest BCUT2D eigenvalue weighted by molar-refractivity contribution is -0.134. The number of hydrogen-bond donors (Lipinski definition) is 2. The Kier molecular flexibility index (Phi) is 7.92. The van der Waals surface area contributed by atoms with E-state index in [1.807, 2.05) is 30.3 Å². The molecular formula is C19H21ClN2O4. The van der Waals surface area contributed by atoms with Crippen molar-refractivity contribution in [2.45, 2.75) is 6.54 Å². The van der Waals surface area contributed by atoms with E-state index in [0.29, 0.717) is 17.3 Å². The first-order valence-corrected chi connectivity index (χ1v) is 8.54. The molecule has 2 amide bonds. The van der Waals surface area contributed by atoms with Crippen LogP contribution in [0.15, 0.2) is 54.6 Å². The summed E-state index contributed by atoms with van der Waals surface area (Å²) in [5.74, 6) is -0.165. The second kappa shape index (κ2) is 10.4. The average Bonchev–Trinajstić information content (AvgIpc) is 2.66. The van der Waals surface area contributed by atoms with E-state index in [0.717, 1.165) is 5.56 Å². The Morgan fingerprint density at radius 2 is 1.77 bits per heavy atom. The van der Waals surface area contributed by atoms with Crippen molar-refractivity contribution >= 4 is 23.4 Å². The van der Waals surface area contributed by atoms with E-state index >= 15 is 0 Å². The Balaban J connectivity index is 1.78. The molecule has 0 heterocycles. The molecule has 2 aromatic carbocycles. The summed E-state index contributed by atoms with van der Waals surface area (Å²) in [5, 5.41) is 12.3. The minimum atomic E-state index is -0.406. The van der Waals surface area contributed by atoms with Gasteiger partial charge < -0.3 is 20.1 Å². The van der Waals surface area contributed by atoms with Crippen LogP contribution in [-0.4, -0.2) is 48.1 Å². The van der Waals surface area contributed by atoms with Crippen molar-refractivity contribution < 1.29 is 19.4 Å². The lowest BCUT2D eigenvalue weighted by atomic mass is 10.2. The van der Waals surface area contributed by atoms with Gasteiger partial charge in [0.15, 0.2) is 6.61 Å². The zero-order valence-corrected chi connectivity index (χ0v) is 15.0. The lowest BCUT2D eigenvalue weighted by Crippen LogP contribution is -2.42. The second-order valence-electron chi connectivity index (χ2n) is 5.54. The molecule has 0 atom stereocenters. The minimum absolute atomic E-state index is 0.147. The van der Waals surface area contributed by atoms with Gasteiger partial charge >= 0.3 is 0 Å². The zero-order chi connectivity index (χ0) is 18.8. The van der Waals surface area contributed by atoms with Crippen molar-refractivity contribution in [3.05, 3.63) is 65.2 Å². The molecule has 0 aromatic heterocycles. The van der Waals surface area contributed by atoms with E-state index in [-0.39, 0.29) is 32.2 Å². The van der Waals surface area contributed by atoms with Crippen molar-refractivity contribution in [2.75, 3.05) is 26.3 Å². The second-order valence-corrected chi connectivity index (χ2v) is 5.98. The highest BCUT2D eigenvalue weighted by Gasteiger charge is 2.14. The molecular weight excluding hydrogens is 356 g/mol. The van der Waals surface area contributed by atoms with E-state index in [9.17, 15) is 9.59 Å². The Labute approximate surface area is 157 Å². The first-order valence-electron chi connectivity index (χ1n) is 8.16. The molecule has 2 N–H and O–H groups in total. The number of ether oxygens (including phenoxy) is 1. The fraction of sp³-hybridized carbons (Fsp3) is 0.263. The molecule has 6 nitrogen and oxygen atoms in total. The summed E-state index contributed by atoms with van der Waals surface area (Å²) in [6.45, 7) is 0.0672. The normalized spacial score (nSPS) is 10.2. The van der Waals surface area contributed by atoms with Gasteiger partial charge in [0, 0.05) is 18.1 Å². The van der Waals surface area contributed by atoms with Gasteiger partial charge in [-0.05, 0) is 29.8 Å². The van der Waals surface area contributed by atoms with Crippen LogP contribution in [0.5, 0.6) is 5.75 Å². The van der Waals surface area contributed by atoms with Gasteiger partial charge in [0.05, 0.1) is 13.2 Å². The Morgan fingerprint density at radius 1 is 1.08 bits per heavy atom. The summed E-state index contributed by atoms with van der Waals surface area (Å²) in [6.07, 6.45) is 0. The Bertz CT molecular complexity index is 707. The topological polar surface area (TPSA) is 78.9 Å². The van der Waals surface area contributed by atoms with E-state index in [4.69, 9.17) is 21.4 Å². The first-order chi connectivity index (χ1) is 12.6. The first kappa shape index (κ1) is 19.8. The highest BCUT2D eigenvalue weighted by atomic mass is 35.5. The van der Waals surface area contributed by atoms with Gasteiger partial charge in [-0.15, -0.1) is 0 Å². The number of carbonyl (C=O) groups is 2. The van der Waals surface area contributed by atoms with Gasteiger partial charge in [-0.1, -0.05) is 41.9 Å². The van der Waals surface area contributed by atoms with Crippen LogP contribution in [0.1, 0.15) is 5.56 Å². The monoisotopic (exact) mass is 376 g/mol. The van der Waals surface area contributed by atoms with Crippen LogP contribution >= 0.6 is 11.6 Å². The van der Waals surface area contributed by atoms with Gasteiger partial charge in [-0.2, -0.15) is 0 Å². The third kappa shape index (κ3) is 6.74. The summed E-state index contributed by atoms with van der Waals surface area (Å²) in [6, 6.07) is 16.1.